The first-order valence-electron chi connectivity index (χ1n) is 11.4. The van der Waals surface area contributed by atoms with Gasteiger partial charge >= 0.3 is 6.03 Å². The number of amides is 3. The van der Waals surface area contributed by atoms with Crippen molar-refractivity contribution in [2.24, 2.45) is 0 Å². The third-order valence-electron chi connectivity index (χ3n) is 6.66. The van der Waals surface area contributed by atoms with E-state index in [4.69, 9.17) is 0 Å². The first kappa shape index (κ1) is 22.5. The number of carbonyl (C=O) groups is 2. The lowest BCUT2D eigenvalue weighted by molar-refractivity contribution is -0.132. The molecule has 2 saturated heterocycles. The molecule has 2 aliphatic rings. The van der Waals surface area contributed by atoms with Gasteiger partial charge in [-0.25, -0.2) is 9.69 Å². The first-order chi connectivity index (χ1) is 15.2. The molecule has 1 atom stereocenters. The highest BCUT2D eigenvalue weighted by atomic mass is 16.2. The summed E-state index contributed by atoms with van der Waals surface area (Å²) in [5, 5.41) is 2.94. The molecule has 0 aromatic heterocycles. The molecule has 3 amide bonds. The second kappa shape index (κ2) is 8.68. The van der Waals surface area contributed by atoms with Gasteiger partial charge < -0.3 is 5.32 Å². The lowest BCUT2D eigenvalue weighted by atomic mass is 9.84. The van der Waals surface area contributed by atoms with Crippen molar-refractivity contribution in [3.63, 3.8) is 0 Å². The molecule has 4 rings (SSSR count). The minimum absolute atomic E-state index is 0.0387. The van der Waals surface area contributed by atoms with E-state index < -0.39 is 5.54 Å². The zero-order chi connectivity index (χ0) is 22.9. The van der Waals surface area contributed by atoms with Gasteiger partial charge in [0.2, 0.25) is 0 Å². The van der Waals surface area contributed by atoms with Crippen LogP contribution in [-0.4, -0.2) is 59.5 Å². The lowest BCUT2D eigenvalue weighted by Crippen LogP contribution is -2.51. The predicted molar refractivity (Wildman–Crippen MR) is 126 cm³/mol. The van der Waals surface area contributed by atoms with E-state index in [1.165, 1.54) is 16.0 Å². The van der Waals surface area contributed by atoms with Crippen molar-refractivity contribution in [2.45, 2.75) is 45.2 Å². The summed E-state index contributed by atoms with van der Waals surface area (Å²) in [4.78, 5) is 32.0. The zero-order valence-electron chi connectivity index (χ0n) is 19.6. The second-order valence-corrected chi connectivity index (χ2v) is 10.1. The third-order valence-corrected chi connectivity index (χ3v) is 6.66. The summed E-state index contributed by atoms with van der Waals surface area (Å²) < 4.78 is 0. The predicted octanol–water partition coefficient (Wildman–Crippen LogP) is 3.53. The van der Waals surface area contributed by atoms with Crippen LogP contribution >= 0.6 is 0 Å². The Kier molecular flexibility index (Phi) is 6.10. The van der Waals surface area contributed by atoms with Gasteiger partial charge in [-0.15, -0.1) is 0 Å². The average Bonchev–Trinajstić information content (AvgIpc) is 2.99. The highest BCUT2D eigenvalue weighted by Gasteiger charge is 2.49. The Morgan fingerprint density at radius 1 is 0.875 bits per heavy atom. The van der Waals surface area contributed by atoms with Crippen molar-refractivity contribution in [3.8, 4) is 0 Å². The van der Waals surface area contributed by atoms with Crippen LogP contribution in [0.1, 0.15) is 44.4 Å². The first-order valence-corrected chi connectivity index (χ1v) is 11.4. The molecule has 6 heteroatoms. The molecule has 0 aliphatic carbocycles. The fourth-order valence-electron chi connectivity index (χ4n) is 4.46. The van der Waals surface area contributed by atoms with Crippen LogP contribution in [0.4, 0.5) is 4.79 Å². The quantitative estimate of drug-likeness (QED) is 0.732. The number of hydrogen-bond donors (Lipinski definition) is 1. The van der Waals surface area contributed by atoms with E-state index in [0.29, 0.717) is 6.67 Å². The van der Waals surface area contributed by atoms with Crippen molar-refractivity contribution in [1.29, 1.82) is 0 Å². The van der Waals surface area contributed by atoms with Crippen molar-refractivity contribution < 1.29 is 9.59 Å². The fraction of sp³-hybridized carbons (Fsp3) is 0.462. The molecule has 170 valence electrons. The fourth-order valence-corrected chi connectivity index (χ4v) is 4.46. The van der Waals surface area contributed by atoms with Gasteiger partial charge in [-0.2, -0.15) is 0 Å². The van der Waals surface area contributed by atoms with E-state index in [0.717, 1.165) is 38.3 Å². The second-order valence-electron chi connectivity index (χ2n) is 10.1. The molecule has 0 spiro atoms. The van der Waals surface area contributed by atoms with E-state index >= 15 is 0 Å². The van der Waals surface area contributed by atoms with Crippen LogP contribution in [0.15, 0.2) is 54.6 Å². The van der Waals surface area contributed by atoms with Crippen LogP contribution < -0.4 is 5.32 Å². The largest absolute Gasteiger partial charge is 0.326 e. The van der Waals surface area contributed by atoms with E-state index in [9.17, 15) is 9.59 Å². The van der Waals surface area contributed by atoms with Gasteiger partial charge in [-0.3, -0.25) is 14.6 Å². The molecule has 2 aromatic carbocycles. The number of imide groups is 1. The minimum atomic E-state index is -1.03. The summed E-state index contributed by atoms with van der Waals surface area (Å²) >= 11 is 0. The van der Waals surface area contributed by atoms with Crippen LogP contribution in [0, 0.1) is 0 Å². The maximum Gasteiger partial charge on any atom is 0.326 e. The van der Waals surface area contributed by atoms with Crippen LogP contribution in [0.5, 0.6) is 0 Å². The molecule has 2 aliphatic heterocycles. The average molecular weight is 435 g/mol. The van der Waals surface area contributed by atoms with Gasteiger partial charge in [0.1, 0.15) is 5.54 Å². The number of rotatable bonds is 5. The van der Waals surface area contributed by atoms with Crippen LogP contribution in [0.25, 0.3) is 0 Å². The van der Waals surface area contributed by atoms with Gasteiger partial charge in [-0.1, -0.05) is 75.4 Å². The number of nitrogens with zero attached hydrogens (tertiary/aromatic N) is 3. The smallest absolute Gasteiger partial charge is 0.319 e. The summed E-state index contributed by atoms with van der Waals surface area (Å²) in [5.41, 5.74) is 2.34. The zero-order valence-corrected chi connectivity index (χ0v) is 19.6. The molecule has 1 N–H and O–H groups in total. The topological polar surface area (TPSA) is 55.9 Å². The standard InChI is InChI=1S/C26H34N4O2/c1-25(2,3)21-10-12-22(13-11-21)26(4)23(31)30(24(32)27-26)19-29-16-14-28(15-17-29)18-20-8-6-5-7-9-20/h5-13H,14-19H2,1-4H3,(H,27,32). The van der Waals surface area contributed by atoms with Gasteiger partial charge in [-0.05, 0) is 29.0 Å². The molecule has 0 bridgehead atoms. The molecular weight excluding hydrogens is 400 g/mol. The van der Waals surface area contributed by atoms with E-state index in [1.54, 1.807) is 6.92 Å². The highest BCUT2D eigenvalue weighted by Crippen LogP contribution is 2.31. The van der Waals surface area contributed by atoms with Crippen molar-refractivity contribution in [1.82, 2.24) is 20.0 Å². The lowest BCUT2D eigenvalue weighted by Gasteiger charge is -2.36. The third kappa shape index (κ3) is 4.57. The Labute approximate surface area is 191 Å². The molecule has 32 heavy (non-hydrogen) atoms. The van der Waals surface area contributed by atoms with E-state index in [1.807, 2.05) is 18.2 Å². The van der Waals surface area contributed by atoms with Gasteiger partial charge in [0, 0.05) is 32.7 Å². The Hall–Kier alpha value is -2.70. The van der Waals surface area contributed by atoms with Crippen molar-refractivity contribution in [2.75, 3.05) is 32.8 Å². The number of urea groups is 1. The Balaban J connectivity index is 1.37. The number of benzene rings is 2. The van der Waals surface area contributed by atoms with Crippen molar-refractivity contribution >= 4 is 11.9 Å². The van der Waals surface area contributed by atoms with E-state index in [-0.39, 0.29) is 17.4 Å². The van der Waals surface area contributed by atoms with Gasteiger partial charge in [0.25, 0.3) is 5.91 Å². The molecule has 2 aromatic rings. The molecular formula is C26H34N4O2. The van der Waals surface area contributed by atoms with Gasteiger partial charge in [0.15, 0.2) is 0 Å². The van der Waals surface area contributed by atoms with E-state index in [2.05, 4.69) is 72.3 Å². The number of nitrogens with one attached hydrogen (secondary N) is 1. The SMILES string of the molecule is CC(C)(C)c1ccc(C2(C)NC(=O)N(CN3CCN(Cc4ccccc4)CC3)C2=O)cc1. The molecule has 1 unspecified atom stereocenters. The molecule has 0 saturated carbocycles. The molecule has 2 fully saturated rings. The summed E-state index contributed by atoms with van der Waals surface area (Å²) in [6, 6.07) is 18.2. The Bertz CT molecular complexity index is 960. The summed E-state index contributed by atoms with van der Waals surface area (Å²) in [6.07, 6.45) is 0. The number of carbonyl (C=O) groups excluding carboxylic acids is 2. The molecule has 0 radical (unpaired) electrons. The number of hydrogen-bond acceptors (Lipinski definition) is 4. The maximum absolute atomic E-state index is 13.3. The Morgan fingerprint density at radius 2 is 1.47 bits per heavy atom. The summed E-state index contributed by atoms with van der Waals surface area (Å²) in [7, 11) is 0. The number of piperazine rings is 1. The maximum atomic E-state index is 13.3. The summed E-state index contributed by atoms with van der Waals surface area (Å²) in [6.45, 7) is 13.1. The normalized spacial score (nSPS) is 22.9. The van der Waals surface area contributed by atoms with Crippen LogP contribution in [0.2, 0.25) is 0 Å². The van der Waals surface area contributed by atoms with Gasteiger partial charge in [0.05, 0.1) is 6.67 Å². The summed E-state index contributed by atoms with van der Waals surface area (Å²) in [5.74, 6) is -0.183. The monoisotopic (exact) mass is 434 g/mol. The molecule has 6 nitrogen and oxygen atoms in total. The van der Waals surface area contributed by atoms with Crippen molar-refractivity contribution in [3.05, 3.63) is 71.3 Å². The van der Waals surface area contributed by atoms with Crippen LogP contribution in [0.3, 0.4) is 0 Å². The molecule has 2 heterocycles. The Morgan fingerprint density at radius 3 is 2.06 bits per heavy atom. The highest BCUT2D eigenvalue weighted by molar-refractivity contribution is 6.07. The minimum Gasteiger partial charge on any atom is -0.319 e. The van der Waals surface area contributed by atoms with Crippen LogP contribution in [-0.2, 0) is 22.3 Å².